The van der Waals surface area contributed by atoms with Gasteiger partial charge in [-0.3, -0.25) is 9.53 Å². The number of piperidine rings is 2. The van der Waals surface area contributed by atoms with Gasteiger partial charge in [0.25, 0.3) is 0 Å². The highest BCUT2D eigenvalue weighted by atomic mass is 19.4. The van der Waals surface area contributed by atoms with Crippen LogP contribution in [0.2, 0.25) is 0 Å². The van der Waals surface area contributed by atoms with E-state index in [9.17, 15) is 23.2 Å². The molecule has 0 bridgehead atoms. The minimum atomic E-state index is -4.77. The third-order valence-electron chi connectivity index (χ3n) is 10.2. The SMILES string of the molecule is CCOC1CC2NCC(C#N)C(NC3CCC(OCC4NCCCC4C)C(OC(F)(F)F)C3)C2CC1NC(=O)CCCN(C)C. The molecule has 45 heavy (non-hydrogen) atoms. The summed E-state index contributed by atoms with van der Waals surface area (Å²) in [6.45, 7) is 7.17. The number of hydrogen-bond donors (Lipinski definition) is 4. The van der Waals surface area contributed by atoms with Crippen LogP contribution in [0, 0.1) is 29.1 Å². The Morgan fingerprint density at radius 2 is 1.87 bits per heavy atom. The molecule has 11 unspecified atom stereocenters. The van der Waals surface area contributed by atoms with E-state index >= 15 is 0 Å². The average molecular weight is 645 g/mol. The molecule has 0 aromatic rings. The Bertz CT molecular complexity index is 968. The van der Waals surface area contributed by atoms with Crippen molar-refractivity contribution in [1.82, 2.24) is 26.2 Å². The van der Waals surface area contributed by atoms with Gasteiger partial charge < -0.3 is 35.6 Å². The Morgan fingerprint density at radius 1 is 1.07 bits per heavy atom. The molecule has 0 radical (unpaired) electrons. The van der Waals surface area contributed by atoms with Crippen molar-refractivity contribution in [1.29, 1.82) is 5.26 Å². The number of nitriles is 1. The number of fused-ring (bicyclic) bond motifs is 1. The highest BCUT2D eigenvalue weighted by Crippen LogP contribution is 2.37. The molecule has 2 aliphatic carbocycles. The van der Waals surface area contributed by atoms with Crippen LogP contribution < -0.4 is 21.3 Å². The second-order valence-corrected chi connectivity index (χ2v) is 13.8. The fourth-order valence-electron chi connectivity index (χ4n) is 7.86. The van der Waals surface area contributed by atoms with Crippen molar-refractivity contribution >= 4 is 5.91 Å². The maximum atomic E-state index is 13.5. The van der Waals surface area contributed by atoms with E-state index < -0.39 is 18.6 Å². The van der Waals surface area contributed by atoms with Crippen LogP contribution in [0.1, 0.15) is 71.6 Å². The fourth-order valence-corrected chi connectivity index (χ4v) is 7.86. The Hall–Kier alpha value is -1.53. The minimum Gasteiger partial charge on any atom is -0.376 e. The Kier molecular flexibility index (Phi) is 13.7. The van der Waals surface area contributed by atoms with Crippen LogP contribution in [0.4, 0.5) is 13.2 Å². The van der Waals surface area contributed by atoms with Gasteiger partial charge in [-0.05, 0) is 97.3 Å². The molecule has 0 spiro atoms. The van der Waals surface area contributed by atoms with E-state index in [1.165, 1.54) is 0 Å². The molecule has 13 heteroatoms. The lowest BCUT2D eigenvalue weighted by atomic mass is 9.69. The standard InChI is InChI=1S/C32H55F3N6O4/c1-5-43-28-16-24-23(15-25(28)40-30(42)9-7-13-41(3)4)31(21(17-36)18-38-24)39-22-10-11-27(29(14-22)45-32(33,34)35)44-19-26-20(2)8-6-12-37-26/h20-29,31,37-39H,5-16,18-19H2,1-4H3,(H,40,42). The van der Waals surface area contributed by atoms with Crippen molar-refractivity contribution in [3.8, 4) is 6.07 Å². The fraction of sp³-hybridized carbons (Fsp3) is 0.938. The molecule has 258 valence electrons. The van der Waals surface area contributed by atoms with Gasteiger partial charge >= 0.3 is 6.36 Å². The van der Waals surface area contributed by atoms with Crippen LogP contribution >= 0.6 is 0 Å². The van der Waals surface area contributed by atoms with E-state index in [0.717, 1.165) is 32.4 Å². The first kappa shape index (κ1) is 36.3. The van der Waals surface area contributed by atoms with Gasteiger partial charge in [-0.2, -0.15) is 5.26 Å². The summed E-state index contributed by atoms with van der Waals surface area (Å²) in [4.78, 5) is 14.9. The highest BCUT2D eigenvalue weighted by Gasteiger charge is 2.48. The van der Waals surface area contributed by atoms with E-state index in [-0.39, 0.29) is 60.5 Å². The van der Waals surface area contributed by atoms with E-state index in [1.54, 1.807) is 0 Å². The van der Waals surface area contributed by atoms with Crippen LogP contribution in [0.15, 0.2) is 0 Å². The first-order chi connectivity index (χ1) is 21.5. The first-order valence-electron chi connectivity index (χ1n) is 17.0. The second kappa shape index (κ2) is 17.0. The molecule has 0 aromatic heterocycles. The molecule has 2 aliphatic heterocycles. The number of halogens is 3. The van der Waals surface area contributed by atoms with Gasteiger partial charge in [-0.25, -0.2) is 0 Å². The van der Waals surface area contributed by atoms with Crippen LogP contribution in [0.3, 0.4) is 0 Å². The number of nitrogens with one attached hydrogen (secondary N) is 4. The number of rotatable bonds is 13. The molecule has 1 amide bonds. The monoisotopic (exact) mass is 644 g/mol. The molecular weight excluding hydrogens is 589 g/mol. The summed E-state index contributed by atoms with van der Waals surface area (Å²) < 4.78 is 57.5. The Labute approximate surface area is 266 Å². The zero-order valence-electron chi connectivity index (χ0n) is 27.4. The van der Waals surface area contributed by atoms with E-state index in [2.05, 4.69) is 39.0 Å². The predicted molar refractivity (Wildman–Crippen MR) is 164 cm³/mol. The lowest BCUT2D eigenvalue weighted by Gasteiger charge is -2.50. The second-order valence-electron chi connectivity index (χ2n) is 13.8. The van der Waals surface area contributed by atoms with Gasteiger partial charge in [0, 0.05) is 43.7 Å². The summed E-state index contributed by atoms with van der Waals surface area (Å²) in [6, 6.07) is 1.92. The third kappa shape index (κ3) is 10.7. The average Bonchev–Trinajstić information content (AvgIpc) is 2.97. The van der Waals surface area contributed by atoms with Gasteiger partial charge in [-0.15, -0.1) is 13.2 Å². The lowest BCUT2D eigenvalue weighted by Crippen LogP contribution is -2.66. The molecule has 4 N–H and O–H groups in total. The normalized spacial score (nSPS) is 37.5. The molecule has 4 aliphatic rings. The van der Waals surface area contributed by atoms with Gasteiger partial charge in [0.2, 0.25) is 5.91 Å². The molecule has 2 saturated carbocycles. The quantitative estimate of drug-likeness (QED) is 0.240. The molecular formula is C32H55F3N6O4. The molecule has 11 atom stereocenters. The van der Waals surface area contributed by atoms with Crippen LogP contribution in [0.25, 0.3) is 0 Å². The number of nitrogens with zero attached hydrogens (tertiary/aromatic N) is 2. The largest absolute Gasteiger partial charge is 0.522 e. The summed E-state index contributed by atoms with van der Waals surface area (Å²) in [6.07, 6.45) is -0.852. The van der Waals surface area contributed by atoms with Gasteiger partial charge in [-0.1, -0.05) is 6.92 Å². The smallest absolute Gasteiger partial charge is 0.376 e. The van der Waals surface area contributed by atoms with Crippen molar-refractivity contribution in [2.75, 3.05) is 46.9 Å². The third-order valence-corrected chi connectivity index (χ3v) is 10.2. The van der Waals surface area contributed by atoms with Gasteiger partial charge in [0.05, 0.1) is 42.9 Å². The predicted octanol–water partition coefficient (Wildman–Crippen LogP) is 2.93. The van der Waals surface area contributed by atoms with E-state index in [0.29, 0.717) is 57.8 Å². The van der Waals surface area contributed by atoms with Crippen molar-refractivity contribution < 1.29 is 32.2 Å². The molecule has 0 aromatic carbocycles. The molecule has 4 rings (SSSR count). The highest BCUT2D eigenvalue weighted by molar-refractivity contribution is 5.76. The lowest BCUT2D eigenvalue weighted by molar-refractivity contribution is -0.356. The number of carbonyl (C=O) groups excluding carboxylic acids is 1. The zero-order chi connectivity index (χ0) is 32.6. The van der Waals surface area contributed by atoms with Crippen molar-refractivity contribution in [2.45, 2.75) is 127 Å². The minimum absolute atomic E-state index is 0.00185. The summed E-state index contributed by atoms with van der Waals surface area (Å²) in [7, 11) is 3.96. The van der Waals surface area contributed by atoms with Gasteiger partial charge in [0.15, 0.2) is 0 Å². The molecule has 10 nitrogen and oxygen atoms in total. The Morgan fingerprint density at radius 3 is 2.56 bits per heavy atom. The van der Waals surface area contributed by atoms with Crippen molar-refractivity contribution in [3.63, 3.8) is 0 Å². The van der Waals surface area contributed by atoms with Crippen LogP contribution in [-0.4, -0.2) is 113 Å². The molecule has 2 saturated heterocycles. The van der Waals surface area contributed by atoms with Crippen molar-refractivity contribution in [3.05, 3.63) is 0 Å². The maximum absolute atomic E-state index is 13.5. The van der Waals surface area contributed by atoms with Gasteiger partial charge in [0.1, 0.15) is 0 Å². The summed E-state index contributed by atoms with van der Waals surface area (Å²) in [5.41, 5.74) is 0. The summed E-state index contributed by atoms with van der Waals surface area (Å²) in [5.74, 6) is 0.0283. The Balaban J connectivity index is 1.42. The van der Waals surface area contributed by atoms with Crippen LogP contribution in [-0.2, 0) is 19.0 Å². The summed E-state index contributed by atoms with van der Waals surface area (Å²) >= 11 is 0. The van der Waals surface area contributed by atoms with Crippen molar-refractivity contribution in [2.24, 2.45) is 17.8 Å². The van der Waals surface area contributed by atoms with E-state index in [1.807, 2.05) is 25.9 Å². The number of ether oxygens (including phenoxy) is 3. The number of carbonyl (C=O) groups is 1. The topological polar surface area (TPSA) is 120 Å². The molecule has 2 heterocycles. The first-order valence-corrected chi connectivity index (χ1v) is 17.0. The maximum Gasteiger partial charge on any atom is 0.522 e. The number of amides is 1. The van der Waals surface area contributed by atoms with E-state index in [4.69, 9.17) is 9.47 Å². The number of alkyl halides is 3. The molecule has 4 fully saturated rings. The summed E-state index contributed by atoms with van der Waals surface area (Å²) in [5, 5.41) is 23.9. The number of hydrogen-bond acceptors (Lipinski definition) is 9. The van der Waals surface area contributed by atoms with Crippen LogP contribution in [0.5, 0.6) is 0 Å². The zero-order valence-corrected chi connectivity index (χ0v) is 27.4.